The fourth-order valence-corrected chi connectivity index (χ4v) is 2.49. The van der Waals surface area contributed by atoms with Gasteiger partial charge in [0, 0.05) is 0 Å². The lowest BCUT2D eigenvalue weighted by Crippen LogP contribution is -2.63. The van der Waals surface area contributed by atoms with E-state index < -0.39 is 74.6 Å². The molecule has 0 spiro atoms. The summed E-state index contributed by atoms with van der Waals surface area (Å²) in [6.45, 7) is -1.33. The minimum absolute atomic E-state index is 0.667. The second kappa shape index (κ2) is 7.63. The van der Waals surface area contributed by atoms with Crippen molar-refractivity contribution < 1.29 is 55.1 Å². The van der Waals surface area contributed by atoms with E-state index in [0.717, 1.165) is 0 Å². The Kier molecular flexibility index (Phi) is 6.27. The molecule has 0 aliphatic carbocycles. The zero-order valence-electron chi connectivity index (χ0n) is 12.0. The Bertz CT molecular complexity index is 344. The molecule has 11 heteroatoms. The van der Waals surface area contributed by atoms with E-state index in [1.54, 1.807) is 0 Å². The molecule has 2 aliphatic heterocycles. The van der Waals surface area contributed by atoms with Gasteiger partial charge in [0.1, 0.15) is 48.8 Å². The van der Waals surface area contributed by atoms with Gasteiger partial charge in [-0.25, -0.2) is 0 Å². The molecule has 0 aromatic rings. The van der Waals surface area contributed by atoms with Gasteiger partial charge in [0.2, 0.25) is 0 Å². The van der Waals surface area contributed by atoms with Crippen molar-refractivity contribution in [2.75, 3.05) is 13.2 Å². The maximum atomic E-state index is 9.84. The van der Waals surface area contributed by atoms with Gasteiger partial charge in [0.25, 0.3) is 0 Å². The van der Waals surface area contributed by atoms with Gasteiger partial charge in [0.15, 0.2) is 12.6 Å². The molecule has 0 unspecified atom stereocenters. The highest BCUT2D eigenvalue weighted by Crippen LogP contribution is 2.27. The number of ether oxygens (including phenoxy) is 3. The van der Waals surface area contributed by atoms with Gasteiger partial charge in [-0.15, -0.1) is 0 Å². The molecule has 136 valence electrons. The second-order valence-electron chi connectivity index (χ2n) is 5.53. The van der Waals surface area contributed by atoms with Gasteiger partial charge in [-0.3, -0.25) is 0 Å². The van der Waals surface area contributed by atoms with Crippen LogP contribution >= 0.6 is 0 Å². The SMILES string of the molecule is OC[C@H]1O[C@H](O[C@H]2O[C@H](CO)[C@H](O)[C@H](O)[C@H]2O)[C@H](O)[C@@H](O)[C@H]1O. The predicted molar refractivity (Wildman–Crippen MR) is 68.6 cm³/mol. The number of aliphatic hydroxyl groups excluding tert-OH is 8. The van der Waals surface area contributed by atoms with Gasteiger partial charge >= 0.3 is 0 Å². The summed E-state index contributed by atoms with van der Waals surface area (Å²) >= 11 is 0. The van der Waals surface area contributed by atoms with Crippen molar-refractivity contribution in [2.45, 2.75) is 61.4 Å². The van der Waals surface area contributed by atoms with Crippen LogP contribution in [0.15, 0.2) is 0 Å². The van der Waals surface area contributed by atoms with Crippen LogP contribution in [-0.2, 0) is 14.2 Å². The molecule has 8 N–H and O–H groups in total. The molecule has 2 rings (SSSR count). The van der Waals surface area contributed by atoms with Crippen LogP contribution in [0.4, 0.5) is 0 Å². The van der Waals surface area contributed by atoms with Crippen LogP contribution in [0, 0.1) is 0 Å². The van der Waals surface area contributed by atoms with Crippen LogP contribution < -0.4 is 0 Å². The molecule has 0 amide bonds. The fourth-order valence-electron chi connectivity index (χ4n) is 2.49. The lowest BCUT2D eigenvalue weighted by Gasteiger charge is -2.44. The van der Waals surface area contributed by atoms with Crippen LogP contribution in [0.2, 0.25) is 0 Å². The zero-order valence-corrected chi connectivity index (χ0v) is 12.0. The first-order chi connectivity index (χ1) is 10.8. The summed E-state index contributed by atoms with van der Waals surface area (Å²) in [7, 11) is 0. The van der Waals surface area contributed by atoms with Crippen LogP contribution in [0.3, 0.4) is 0 Å². The van der Waals surface area contributed by atoms with Crippen molar-refractivity contribution >= 4 is 0 Å². The Morgan fingerprint density at radius 1 is 0.565 bits per heavy atom. The minimum Gasteiger partial charge on any atom is -0.394 e. The molecule has 2 fully saturated rings. The monoisotopic (exact) mass is 342 g/mol. The first kappa shape index (κ1) is 18.9. The standard InChI is InChI=1S/C12H22O11/c13-1-3-5(15)7(17)9(19)11(21-3)23-12-10(20)8(18)6(16)4(2-14)22-12/h3-20H,1-2H2/t3-,4-,5+,6+,7+,8+,9-,10-,11-,12-/m1/s1. The summed E-state index contributed by atoms with van der Waals surface area (Å²) < 4.78 is 15.3. The van der Waals surface area contributed by atoms with Crippen molar-refractivity contribution in [3.8, 4) is 0 Å². The highest BCUT2D eigenvalue weighted by Gasteiger charge is 2.49. The summed E-state index contributed by atoms with van der Waals surface area (Å²) in [6.07, 6.45) is -15.6. The van der Waals surface area contributed by atoms with E-state index in [-0.39, 0.29) is 0 Å². The Balaban J connectivity index is 2.07. The summed E-state index contributed by atoms with van der Waals surface area (Å²) in [5.41, 5.74) is 0. The third-order valence-corrected chi connectivity index (χ3v) is 3.97. The number of rotatable bonds is 4. The molecule has 2 aliphatic rings. The van der Waals surface area contributed by atoms with E-state index in [4.69, 9.17) is 24.4 Å². The maximum Gasteiger partial charge on any atom is 0.189 e. The van der Waals surface area contributed by atoms with E-state index in [1.807, 2.05) is 0 Å². The second-order valence-corrected chi connectivity index (χ2v) is 5.53. The lowest BCUT2D eigenvalue weighted by atomic mass is 9.98. The molecule has 0 aromatic carbocycles. The molecule has 11 nitrogen and oxygen atoms in total. The molecule has 10 atom stereocenters. The van der Waals surface area contributed by atoms with Crippen LogP contribution in [0.1, 0.15) is 0 Å². The maximum absolute atomic E-state index is 9.84. The molecule has 23 heavy (non-hydrogen) atoms. The first-order valence-corrected chi connectivity index (χ1v) is 7.08. The Labute approximate surface area is 130 Å². The highest BCUT2D eigenvalue weighted by atomic mass is 16.8. The molecular formula is C12H22O11. The smallest absolute Gasteiger partial charge is 0.189 e. The lowest BCUT2D eigenvalue weighted by molar-refractivity contribution is -0.376. The third kappa shape index (κ3) is 3.65. The van der Waals surface area contributed by atoms with Crippen LogP contribution in [0.5, 0.6) is 0 Å². The first-order valence-electron chi connectivity index (χ1n) is 7.08. The molecule has 2 saturated heterocycles. The largest absolute Gasteiger partial charge is 0.394 e. The van der Waals surface area contributed by atoms with Gasteiger partial charge in [-0.2, -0.15) is 0 Å². The highest BCUT2D eigenvalue weighted by molar-refractivity contribution is 4.92. The predicted octanol–water partition coefficient (Wildman–Crippen LogP) is -5.40. The molecule has 0 aromatic heterocycles. The quantitative estimate of drug-likeness (QED) is 0.243. The number of hydrogen-bond acceptors (Lipinski definition) is 11. The van der Waals surface area contributed by atoms with E-state index >= 15 is 0 Å². The van der Waals surface area contributed by atoms with Gasteiger partial charge in [0.05, 0.1) is 13.2 Å². The third-order valence-electron chi connectivity index (χ3n) is 3.97. The van der Waals surface area contributed by atoms with Crippen LogP contribution in [0.25, 0.3) is 0 Å². The van der Waals surface area contributed by atoms with Gasteiger partial charge < -0.3 is 55.1 Å². The van der Waals surface area contributed by atoms with Crippen molar-refractivity contribution in [1.82, 2.24) is 0 Å². The van der Waals surface area contributed by atoms with Gasteiger partial charge in [-0.05, 0) is 0 Å². The average Bonchev–Trinajstić information content (AvgIpc) is 2.55. The summed E-state index contributed by atoms with van der Waals surface area (Å²) in [4.78, 5) is 0. The zero-order chi connectivity index (χ0) is 17.3. The summed E-state index contributed by atoms with van der Waals surface area (Å²) in [6, 6.07) is 0. The van der Waals surface area contributed by atoms with E-state index in [1.165, 1.54) is 0 Å². The van der Waals surface area contributed by atoms with E-state index in [0.29, 0.717) is 0 Å². The van der Waals surface area contributed by atoms with E-state index in [2.05, 4.69) is 0 Å². The average molecular weight is 342 g/mol. The molecule has 0 saturated carbocycles. The van der Waals surface area contributed by atoms with Crippen molar-refractivity contribution in [3.63, 3.8) is 0 Å². The van der Waals surface area contributed by atoms with Gasteiger partial charge in [-0.1, -0.05) is 0 Å². The topological polar surface area (TPSA) is 190 Å². The summed E-state index contributed by atoms with van der Waals surface area (Å²) in [5.74, 6) is 0. The molecular weight excluding hydrogens is 320 g/mol. The van der Waals surface area contributed by atoms with Crippen molar-refractivity contribution in [3.05, 3.63) is 0 Å². The Morgan fingerprint density at radius 2 is 0.913 bits per heavy atom. The normalized spacial score (nSPS) is 51.7. The Hall–Kier alpha value is -0.440. The van der Waals surface area contributed by atoms with Crippen molar-refractivity contribution in [2.24, 2.45) is 0 Å². The molecule has 0 radical (unpaired) electrons. The Morgan fingerprint density at radius 3 is 1.22 bits per heavy atom. The molecule has 2 heterocycles. The van der Waals surface area contributed by atoms with Crippen molar-refractivity contribution in [1.29, 1.82) is 0 Å². The van der Waals surface area contributed by atoms with E-state index in [9.17, 15) is 30.6 Å². The number of hydrogen-bond donors (Lipinski definition) is 8. The van der Waals surface area contributed by atoms with Crippen LogP contribution in [-0.4, -0.2) is 115 Å². The fraction of sp³-hybridized carbons (Fsp3) is 1.00. The number of aliphatic hydroxyl groups is 8. The summed E-state index contributed by atoms with van der Waals surface area (Å²) in [5, 5.41) is 76.4. The molecule has 0 bridgehead atoms. The minimum atomic E-state index is -1.72.